The summed E-state index contributed by atoms with van der Waals surface area (Å²) in [5.74, 6) is 1.27. The van der Waals surface area contributed by atoms with E-state index in [0.717, 1.165) is 11.4 Å². The molecule has 4 N–H and O–H groups in total. The molecule has 2 aromatic rings. The number of rotatable bonds is 5. The lowest BCUT2D eigenvalue weighted by atomic mass is 9.84. The molecule has 1 atom stereocenters. The molecule has 0 saturated carbocycles. The monoisotopic (exact) mass is 398 g/mol. The Morgan fingerprint density at radius 2 is 1.97 bits per heavy atom. The van der Waals surface area contributed by atoms with Crippen LogP contribution in [0.4, 0.5) is 23.1 Å². The first-order valence-electron chi connectivity index (χ1n) is 9.77. The fourth-order valence-corrected chi connectivity index (χ4v) is 3.87. The summed E-state index contributed by atoms with van der Waals surface area (Å²) in [5, 5.41) is 25.2. The van der Waals surface area contributed by atoms with E-state index in [9.17, 15) is 9.90 Å². The number of anilines is 4. The molecule has 2 aliphatic heterocycles. The van der Waals surface area contributed by atoms with Crippen LogP contribution in [0.1, 0.15) is 12.8 Å². The molecule has 4 rings (SSSR count). The van der Waals surface area contributed by atoms with E-state index >= 15 is 0 Å². The topological polar surface area (TPSA) is 114 Å². The molecule has 154 valence electrons. The number of hydrogen-bond donors (Lipinski definition) is 4. The summed E-state index contributed by atoms with van der Waals surface area (Å²) < 4.78 is 0. The summed E-state index contributed by atoms with van der Waals surface area (Å²) in [7, 11) is 1.81. The first-order chi connectivity index (χ1) is 14.0. The van der Waals surface area contributed by atoms with Gasteiger partial charge < -0.3 is 30.6 Å². The van der Waals surface area contributed by atoms with Crippen molar-refractivity contribution in [2.24, 2.45) is 0 Å². The number of para-hydroxylation sites is 2. The maximum absolute atomic E-state index is 12.8. The number of piperidine rings is 1. The molecule has 1 aromatic carbocycles. The van der Waals surface area contributed by atoms with E-state index in [2.05, 4.69) is 25.5 Å². The highest BCUT2D eigenvalue weighted by Gasteiger charge is 2.44. The van der Waals surface area contributed by atoms with Crippen molar-refractivity contribution < 1.29 is 15.0 Å². The molecule has 1 aromatic heterocycles. The van der Waals surface area contributed by atoms with E-state index in [1.807, 2.05) is 31.3 Å². The van der Waals surface area contributed by atoms with E-state index in [1.165, 1.54) is 0 Å². The zero-order chi connectivity index (χ0) is 20.4. The van der Waals surface area contributed by atoms with Crippen LogP contribution in [-0.2, 0) is 4.79 Å². The Hall–Kier alpha value is -2.91. The molecule has 2 aliphatic rings. The Morgan fingerprint density at radius 3 is 2.69 bits per heavy atom. The SMILES string of the molecule is CN(C[C@@H](O)CO)c1ccnc(N2CCC3(CC2)Nc2ccccc2NC3=O)n1. The number of likely N-dealkylation sites (N-methyl/N-ethyl adjacent to an activating group) is 1. The fourth-order valence-electron chi connectivity index (χ4n) is 3.87. The molecule has 0 unspecified atom stereocenters. The van der Waals surface area contributed by atoms with Crippen LogP contribution < -0.4 is 20.4 Å². The quantitative estimate of drug-likeness (QED) is 0.581. The molecule has 9 heteroatoms. The maximum atomic E-state index is 12.8. The molecule has 0 aliphatic carbocycles. The Balaban J connectivity index is 1.45. The minimum atomic E-state index is -0.827. The molecule has 9 nitrogen and oxygen atoms in total. The second kappa shape index (κ2) is 7.84. The standard InChI is InChI=1S/C20H26N6O3/c1-25(12-14(28)13-27)17-6-9-21-19(23-17)26-10-7-20(8-11-26)18(29)22-15-4-2-3-5-16(15)24-20/h2-6,9,14,24,27-28H,7-8,10-13H2,1H3,(H,22,29)/t14-/m1/s1. The predicted octanol–water partition coefficient (Wildman–Crippen LogP) is 0.669. The number of aliphatic hydroxyl groups is 2. The summed E-state index contributed by atoms with van der Waals surface area (Å²) in [4.78, 5) is 25.6. The molecular weight excluding hydrogens is 372 g/mol. The largest absolute Gasteiger partial charge is 0.394 e. The van der Waals surface area contributed by atoms with Gasteiger partial charge in [-0.1, -0.05) is 12.1 Å². The van der Waals surface area contributed by atoms with Crippen molar-refractivity contribution in [1.82, 2.24) is 9.97 Å². The number of carbonyl (C=O) groups excluding carboxylic acids is 1. The Morgan fingerprint density at radius 1 is 1.24 bits per heavy atom. The van der Waals surface area contributed by atoms with E-state index in [1.54, 1.807) is 17.2 Å². The van der Waals surface area contributed by atoms with Crippen molar-refractivity contribution in [1.29, 1.82) is 0 Å². The molecule has 1 fully saturated rings. The Bertz CT molecular complexity index is 884. The van der Waals surface area contributed by atoms with Gasteiger partial charge in [-0.25, -0.2) is 4.98 Å². The highest BCUT2D eigenvalue weighted by atomic mass is 16.3. The number of hydrogen-bond acceptors (Lipinski definition) is 8. The van der Waals surface area contributed by atoms with Crippen molar-refractivity contribution in [3.63, 3.8) is 0 Å². The summed E-state index contributed by atoms with van der Waals surface area (Å²) in [6.07, 6.45) is 2.14. The number of aromatic nitrogens is 2. The van der Waals surface area contributed by atoms with Gasteiger partial charge in [-0.3, -0.25) is 4.79 Å². The average molecular weight is 398 g/mol. The summed E-state index contributed by atoms with van der Waals surface area (Å²) in [6.45, 7) is 1.28. The average Bonchev–Trinajstić information content (AvgIpc) is 2.75. The number of amides is 1. The zero-order valence-corrected chi connectivity index (χ0v) is 16.4. The van der Waals surface area contributed by atoms with Crippen molar-refractivity contribution >= 4 is 29.0 Å². The normalized spacial score (nSPS) is 18.6. The van der Waals surface area contributed by atoms with Crippen LogP contribution in [-0.4, -0.2) is 71.0 Å². The molecule has 1 spiro atoms. The predicted molar refractivity (Wildman–Crippen MR) is 111 cm³/mol. The smallest absolute Gasteiger partial charge is 0.250 e. The first-order valence-corrected chi connectivity index (χ1v) is 9.77. The van der Waals surface area contributed by atoms with Crippen molar-refractivity contribution in [2.45, 2.75) is 24.5 Å². The molecule has 3 heterocycles. The van der Waals surface area contributed by atoms with E-state index in [-0.39, 0.29) is 19.1 Å². The highest BCUT2D eigenvalue weighted by Crippen LogP contribution is 2.36. The van der Waals surface area contributed by atoms with Crippen LogP contribution in [0.2, 0.25) is 0 Å². The summed E-state index contributed by atoms with van der Waals surface area (Å²) in [6, 6.07) is 9.50. The molecule has 0 radical (unpaired) electrons. The van der Waals surface area contributed by atoms with E-state index in [4.69, 9.17) is 5.11 Å². The summed E-state index contributed by atoms with van der Waals surface area (Å²) in [5.41, 5.74) is 1.14. The number of carbonyl (C=O) groups is 1. The third-order valence-corrected chi connectivity index (χ3v) is 5.60. The maximum Gasteiger partial charge on any atom is 0.250 e. The van der Waals surface area contributed by atoms with Crippen molar-refractivity contribution in [2.75, 3.05) is 53.7 Å². The minimum Gasteiger partial charge on any atom is -0.394 e. The van der Waals surface area contributed by atoms with Gasteiger partial charge in [0, 0.05) is 32.9 Å². The van der Waals surface area contributed by atoms with Crippen molar-refractivity contribution in [3.8, 4) is 0 Å². The van der Waals surface area contributed by atoms with Gasteiger partial charge in [0.1, 0.15) is 11.4 Å². The second-order valence-electron chi connectivity index (χ2n) is 7.63. The third-order valence-electron chi connectivity index (χ3n) is 5.60. The first kappa shape index (κ1) is 19.4. The van der Waals surface area contributed by atoms with Crippen LogP contribution in [0.25, 0.3) is 0 Å². The highest BCUT2D eigenvalue weighted by molar-refractivity contribution is 6.06. The van der Waals surface area contributed by atoms with Crippen LogP contribution in [0, 0.1) is 0 Å². The van der Waals surface area contributed by atoms with Gasteiger partial charge in [0.15, 0.2) is 0 Å². The number of fused-ring (bicyclic) bond motifs is 1. The Kier molecular flexibility index (Phi) is 5.25. The molecule has 29 heavy (non-hydrogen) atoms. The fraction of sp³-hybridized carbons (Fsp3) is 0.450. The van der Waals surface area contributed by atoms with Gasteiger partial charge >= 0.3 is 0 Å². The number of benzene rings is 1. The van der Waals surface area contributed by atoms with Crippen molar-refractivity contribution in [3.05, 3.63) is 36.5 Å². The zero-order valence-electron chi connectivity index (χ0n) is 16.4. The van der Waals surface area contributed by atoms with Crippen LogP contribution in [0.3, 0.4) is 0 Å². The minimum absolute atomic E-state index is 0.00300. The van der Waals surface area contributed by atoms with E-state index in [0.29, 0.717) is 37.7 Å². The van der Waals surface area contributed by atoms with Crippen LogP contribution in [0.15, 0.2) is 36.5 Å². The Labute approximate surface area is 169 Å². The van der Waals surface area contributed by atoms with Gasteiger partial charge in [-0.15, -0.1) is 0 Å². The third kappa shape index (κ3) is 3.83. The second-order valence-corrected chi connectivity index (χ2v) is 7.63. The molecule has 1 amide bonds. The van der Waals surface area contributed by atoms with E-state index < -0.39 is 11.6 Å². The number of nitrogens with zero attached hydrogens (tertiary/aromatic N) is 4. The molecular formula is C20H26N6O3. The van der Waals surface area contributed by atoms with Crippen LogP contribution in [0.5, 0.6) is 0 Å². The molecule has 0 bridgehead atoms. The van der Waals surface area contributed by atoms with Gasteiger partial charge in [-0.05, 0) is 31.0 Å². The lowest BCUT2D eigenvalue weighted by molar-refractivity contribution is -0.121. The lowest BCUT2D eigenvalue weighted by Gasteiger charge is -2.44. The molecule has 1 saturated heterocycles. The van der Waals surface area contributed by atoms with Gasteiger partial charge in [0.2, 0.25) is 11.9 Å². The number of aliphatic hydroxyl groups excluding tert-OH is 2. The van der Waals surface area contributed by atoms with Gasteiger partial charge in [-0.2, -0.15) is 4.98 Å². The lowest BCUT2D eigenvalue weighted by Crippen LogP contribution is -2.58. The number of nitrogens with one attached hydrogen (secondary N) is 2. The summed E-state index contributed by atoms with van der Waals surface area (Å²) >= 11 is 0. The van der Waals surface area contributed by atoms with Gasteiger partial charge in [0.25, 0.3) is 0 Å². The van der Waals surface area contributed by atoms with Gasteiger partial charge in [0.05, 0.1) is 24.1 Å². The van der Waals surface area contributed by atoms with Crippen LogP contribution >= 0.6 is 0 Å².